The van der Waals surface area contributed by atoms with Crippen LogP contribution < -0.4 is 10.6 Å². The molecule has 3 rings (SSSR count). The van der Waals surface area contributed by atoms with E-state index in [4.69, 9.17) is 5.26 Å². The fourth-order valence-electron chi connectivity index (χ4n) is 1.99. The molecule has 0 radical (unpaired) electrons. The Morgan fingerprint density at radius 2 is 1.70 bits per heavy atom. The maximum absolute atomic E-state index is 8.80. The Morgan fingerprint density at radius 3 is 2.43 bits per heavy atom. The lowest BCUT2D eigenvalue weighted by Crippen LogP contribution is -2.03. The van der Waals surface area contributed by atoms with E-state index in [-0.39, 0.29) is 0 Å². The second kappa shape index (κ2) is 7.00. The van der Waals surface area contributed by atoms with Crippen LogP contribution in [-0.2, 0) is 6.54 Å². The predicted octanol–water partition coefficient (Wildman–Crippen LogP) is 3.10. The van der Waals surface area contributed by atoms with Crippen molar-refractivity contribution in [1.29, 1.82) is 5.26 Å². The van der Waals surface area contributed by atoms with Crippen molar-refractivity contribution in [3.05, 3.63) is 72.3 Å². The molecule has 2 aromatic heterocycles. The Kier molecular flexibility index (Phi) is 4.41. The van der Waals surface area contributed by atoms with Gasteiger partial charge in [-0.15, -0.1) is 0 Å². The fraction of sp³-hybridized carbons (Fsp3) is 0.0588. The van der Waals surface area contributed by atoms with Gasteiger partial charge in [-0.3, -0.25) is 4.98 Å². The van der Waals surface area contributed by atoms with Crippen LogP contribution in [0.25, 0.3) is 0 Å². The maximum Gasteiger partial charge on any atom is 0.135 e. The van der Waals surface area contributed by atoms with Gasteiger partial charge in [0.2, 0.25) is 0 Å². The molecule has 0 aliphatic rings. The average Bonchev–Trinajstić information content (AvgIpc) is 2.62. The number of pyridine rings is 1. The second-order valence-electron chi connectivity index (χ2n) is 4.81. The largest absolute Gasteiger partial charge is 0.366 e. The number of hydrogen-bond donors (Lipinski definition) is 2. The normalized spacial score (nSPS) is 9.87. The van der Waals surface area contributed by atoms with Crippen molar-refractivity contribution in [2.45, 2.75) is 6.54 Å². The molecule has 0 fully saturated rings. The zero-order valence-corrected chi connectivity index (χ0v) is 12.3. The third-order valence-corrected chi connectivity index (χ3v) is 3.18. The van der Waals surface area contributed by atoms with Gasteiger partial charge in [-0.2, -0.15) is 5.26 Å². The van der Waals surface area contributed by atoms with E-state index in [1.54, 1.807) is 24.5 Å². The van der Waals surface area contributed by atoms with E-state index in [0.717, 1.165) is 17.1 Å². The predicted molar refractivity (Wildman–Crippen MR) is 88.0 cm³/mol. The molecule has 0 aliphatic carbocycles. The summed E-state index contributed by atoms with van der Waals surface area (Å²) < 4.78 is 0. The first kappa shape index (κ1) is 14.5. The molecule has 0 aliphatic heterocycles. The molecule has 3 aromatic rings. The van der Waals surface area contributed by atoms with E-state index < -0.39 is 0 Å². The Bertz CT molecular complexity index is 808. The summed E-state index contributed by atoms with van der Waals surface area (Å²) in [6, 6.07) is 15.0. The van der Waals surface area contributed by atoms with E-state index in [1.165, 1.54) is 6.33 Å². The first-order valence-corrected chi connectivity index (χ1v) is 7.05. The second-order valence-corrected chi connectivity index (χ2v) is 4.81. The van der Waals surface area contributed by atoms with E-state index in [1.807, 2.05) is 30.3 Å². The summed E-state index contributed by atoms with van der Waals surface area (Å²) in [5, 5.41) is 15.2. The summed E-state index contributed by atoms with van der Waals surface area (Å²) in [5.74, 6) is 1.41. The lowest BCUT2D eigenvalue weighted by Gasteiger charge is -2.08. The highest BCUT2D eigenvalue weighted by Gasteiger charge is 2.00. The number of anilines is 3. The van der Waals surface area contributed by atoms with E-state index in [0.29, 0.717) is 17.9 Å². The van der Waals surface area contributed by atoms with Crippen LogP contribution in [0.2, 0.25) is 0 Å². The van der Waals surface area contributed by atoms with E-state index in [9.17, 15) is 0 Å². The van der Waals surface area contributed by atoms with Crippen LogP contribution in [-0.4, -0.2) is 15.0 Å². The molecule has 6 nitrogen and oxygen atoms in total. The number of hydrogen-bond acceptors (Lipinski definition) is 6. The molecule has 0 saturated carbocycles. The van der Waals surface area contributed by atoms with Gasteiger partial charge < -0.3 is 10.6 Å². The lowest BCUT2D eigenvalue weighted by molar-refractivity contribution is 1.07. The molecule has 6 heteroatoms. The molecule has 112 valence electrons. The average molecular weight is 302 g/mol. The molecule has 0 atom stereocenters. The van der Waals surface area contributed by atoms with Crippen molar-refractivity contribution in [3.8, 4) is 6.07 Å². The summed E-state index contributed by atoms with van der Waals surface area (Å²) >= 11 is 0. The zero-order chi connectivity index (χ0) is 15.9. The summed E-state index contributed by atoms with van der Waals surface area (Å²) in [6.07, 6.45) is 5.02. The third kappa shape index (κ3) is 4.02. The first-order valence-electron chi connectivity index (χ1n) is 7.05. The molecule has 23 heavy (non-hydrogen) atoms. The molecule has 2 heterocycles. The molecule has 2 N–H and O–H groups in total. The van der Waals surface area contributed by atoms with Crippen molar-refractivity contribution < 1.29 is 0 Å². The standard InChI is InChI=1S/C17H14N6/c18-10-13-1-3-15(4-2-13)23-17-9-16(21-12-22-17)20-11-14-5-7-19-8-6-14/h1-9,12H,11H2,(H2,20,21,22,23). The fourth-order valence-corrected chi connectivity index (χ4v) is 1.99. The van der Waals surface area contributed by atoms with Gasteiger partial charge in [0.15, 0.2) is 0 Å². The van der Waals surface area contributed by atoms with Crippen LogP contribution >= 0.6 is 0 Å². The Balaban J connectivity index is 1.66. The molecular formula is C17H14N6. The van der Waals surface area contributed by atoms with Gasteiger partial charge >= 0.3 is 0 Å². The van der Waals surface area contributed by atoms with E-state index in [2.05, 4.69) is 31.7 Å². The number of aromatic nitrogens is 3. The van der Waals surface area contributed by atoms with Crippen LogP contribution in [0.5, 0.6) is 0 Å². The minimum atomic E-state index is 0.623. The smallest absolute Gasteiger partial charge is 0.135 e. The maximum atomic E-state index is 8.80. The number of nitriles is 1. The van der Waals surface area contributed by atoms with Crippen LogP contribution in [0.15, 0.2) is 61.2 Å². The van der Waals surface area contributed by atoms with Gasteiger partial charge in [-0.05, 0) is 42.0 Å². The van der Waals surface area contributed by atoms with Crippen LogP contribution in [0, 0.1) is 11.3 Å². The molecule has 0 bridgehead atoms. The highest BCUT2D eigenvalue weighted by Crippen LogP contribution is 2.17. The Hall–Kier alpha value is -3.46. The summed E-state index contributed by atoms with van der Waals surface area (Å²) in [5.41, 5.74) is 2.61. The van der Waals surface area contributed by atoms with E-state index >= 15 is 0 Å². The van der Waals surface area contributed by atoms with Gasteiger partial charge in [0, 0.05) is 30.7 Å². The quantitative estimate of drug-likeness (QED) is 0.753. The number of nitrogens with zero attached hydrogens (tertiary/aromatic N) is 4. The Labute approximate surface area is 133 Å². The summed E-state index contributed by atoms with van der Waals surface area (Å²) in [4.78, 5) is 12.4. The summed E-state index contributed by atoms with van der Waals surface area (Å²) in [6.45, 7) is 0.663. The molecule has 0 spiro atoms. The van der Waals surface area contributed by atoms with Crippen molar-refractivity contribution in [3.63, 3.8) is 0 Å². The number of benzene rings is 1. The molecule has 0 saturated heterocycles. The van der Waals surface area contributed by atoms with Crippen LogP contribution in [0.1, 0.15) is 11.1 Å². The minimum Gasteiger partial charge on any atom is -0.366 e. The van der Waals surface area contributed by atoms with Crippen LogP contribution in [0.3, 0.4) is 0 Å². The molecule has 0 amide bonds. The molecule has 0 unspecified atom stereocenters. The van der Waals surface area contributed by atoms with Gasteiger partial charge in [-0.25, -0.2) is 9.97 Å². The van der Waals surface area contributed by atoms with Gasteiger partial charge in [0.05, 0.1) is 11.6 Å². The van der Waals surface area contributed by atoms with Gasteiger partial charge in [0.25, 0.3) is 0 Å². The van der Waals surface area contributed by atoms with Crippen molar-refractivity contribution in [2.75, 3.05) is 10.6 Å². The highest BCUT2D eigenvalue weighted by molar-refractivity contribution is 5.59. The topological polar surface area (TPSA) is 86.5 Å². The van der Waals surface area contributed by atoms with Gasteiger partial charge in [-0.1, -0.05) is 0 Å². The zero-order valence-electron chi connectivity index (χ0n) is 12.3. The number of rotatable bonds is 5. The van der Waals surface area contributed by atoms with Gasteiger partial charge in [0.1, 0.15) is 18.0 Å². The summed E-state index contributed by atoms with van der Waals surface area (Å²) in [7, 11) is 0. The van der Waals surface area contributed by atoms with Crippen LogP contribution in [0.4, 0.5) is 17.3 Å². The van der Waals surface area contributed by atoms with Crippen molar-refractivity contribution in [2.24, 2.45) is 0 Å². The Morgan fingerprint density at radius 1 is 0.957 bits per heavy atom. The SMILES string of the molecule is N#Cc1ccc(Nc2cc(NCc3ccncc3)ncn2)cc1. The highest BCUT2D eigenvalue weighted by atomic mass is 15.1. The minimum absolute atomic E-state index is 0.623. The third-order valence-electron chi connectivity index (χ3n) is 3.18. The first-order chi connectivity index (χ1) is 11.3. The number of nitrogens with one attached hydrogen (secondary N) is 2. The monoisotopic (exact) mass is 302 g/mol. The molecular weight excluding hydrogens is 288 g/mol. The molecule has 1 aromatic carbocycles. The van der Waals surface area contributed by atoms with Crippen molar-refractivity contribution in [1.82, 2.24) is 15.0 Å². The lowest BCUT2D eigenvalue weighted by atomic mass is 10.2. The van der Waals surface area contributed by atoms with Crippen molar-refractivity contribution >= 4 is 17.3 Å².